The van der Waals surface area contributed by atoms with E-state index in [0.717, 1.165) is 5.69 Å². The second-order valence-corrected chi connectivity index (χ2v) is 4.84. The van der Waals surface area contributed by atoms with Gasteiger partial charge in [-0.25, -0.2) is 9.97 Å². The van der Waals surface area contributed by atoms with Crippen LogP contribution in [0.15, 0.2) is 79.3 Å². The van der Waals surface area contributed by atoms with E-state index in [1.807, 2.05) is 18.2 Å². The molecule has 0 spiro atoms. The highest BCUT2D eigenvalue weighted by Gasteiger charge is 2.12. The quantitative estimate of drug-likeness (QED) is 0.776. The summed E-state index contributed by atoms with van der Waals surface area (Å²) in [7, 11) is 0. The Morgan fingerprint density at radius 1 is 0.810 bits per heavy atom. The molecule has 21 heavy (non-hydrogen) atoms. The molecule has 3 heteroatoms. The number of rotatable bonds is 5. The molecule has 3 rings (SSSR count). The van der Waals surface area contributed by atoms with Crippen molar-refractivity contribution >= 4 is 0 Å². The van der Waals surface area contributed by atoms with Crippen LogP contribution in [0.2, 0.25) is 0 Å². The van der Waals surface area contributed by atoms with E-state index in [1.165, 1.54) is 11.1 Å². The first kappa shape index (κ1) is 13.5. The largest absolute Gasteiger partial charge is 0.301 e. The summed E-state index contributed by atoms with van der Waals surface area (Å²) in [4.78, 5) is 8.21. The van der Waals surface area contributed by atoms with Crippen LogP contribution >= 0.6 is 0 Å². The molecule has 0 fully saturated rings. The normalized spacial score (nSPS) is 10.7. The van der Waals surface area contributed by atoms with Crippen LogP contribution in [0.25, 0.3) is 0 Å². The molecule has 0 saturated carbocycles. The predicted molar refractivity (Wildman–Crippen MR) is 83.6 cm³/mol. The zero-order valence-corrected chi connectivity index (χ0v) is 11.7. The maximum atomic E-state index is 4.26. The van der Waals surface area contributed by atoms with Crippen LogP contribution < -0.4 is 5.32 Å². The summed E-state index contributed by atoms with van der Waals surface area (Å²) in [5.74, 6) is 0. The van der Waals surface area contributed by atoms with Crippen LogP contribution in [0.4, 0.5) is 0 Å². The topological polar surface area (TPSA) is 37.8 Å². The first-order valence-corrected chi connectivity index (χ1v) is 7.01. The SMILES string of the molecule is c1ccc(C(NCc2ccncn2)c2ccccc2)cc1. The number of hydrogen-bond acceptors (Lipinski definition) is 3. The Morgan fingerprint density at radius 3 is 1.95 bits per heavy atom. The fourth-order valence-electron chi connectivity index (χ4n) is 2.35. The lowest BCUT2D eigenvalue weighted by Crippen LogP contribution is -2.22. The molecule has 0 aliphatic heterocycles. The van der Waals surface area contributed by atoms with Crippen LogP contribution in [0.1, 0.15) is 22.9 Å². The number of nitrogens with one attached hydrogen (secondary N) is 1. The Hall–Kier alpha value is -2.52. The van der Waals surface area contributed by atoms with Gasteiger partial charge in [-0.3, -0.25) is 0 Å². The molecule has 0 radical (unpaired) electrons. The molecule has 0 atom stereocenters. The molecule has 1 N–H and O–H groups in total. The third kappa shape index (κ3) is 3.52. The summed E-state index contributed by atoms with van der Waals surface area (Å²) in [6.07, 6.45) is 3.35. The van der Waals surface area contributed by atoms with Crippen molar-refractivity contribution in [3.63, 3.8) is 0 Å². The van der Waals surface area contributed by atoms with Gasteiger partial charge in [0.25, 0.3) is 0 Å². The molecule has 104 valence electrons. The fourth-order valence-corrected chi connectivity index (χ4v) is 2.35. The molecule has 0 amide bonds. The van der Waals surface area contributed by atoms with Crippen LogP contribution in [0, 0.1) is 0 Å². The van der Waals surface area contributed by atoms with Gasteiger partial charge in [0.2, 0.25) is 0 Å². The number of nitrogens with zero attached hydrogens (tertiary/aromatic N) is 2. The molecule has 0 bridgehead atoms. The molecule has 3 aromatic rings. The Morgan fingerprint density at radius 2 is 1.43 bits per heavy atom. The van der Waals surface area contributed by atoms with Gasteiger partial charge in [0.1, 0.15) is 6.33 Å². The van der Waals surface area contributed by atoms with E-state index in [1.54, 1.807) is 12.5 Å². The Balaban J connectivity index is 1.83. The third-order valence-electron chi connectivity index (χ3n) is 3.40. The van der Waals surface area contributed by atoms with Crippen molar-refractivity contribution in [3.05, 3.63) is 96.1 Å². The van der Waals surface area contributed by atoms with Gasteiger partial charge >= 0.3 is 0 Å². The van der Waals surface area contributed by atoms with Crippen LogP contribution in [-0.4, -0.2) is 9.97 Å². The molecular weight excluding hydrogens is 258 g/mol. The van der Waals surface area contributed by atoms with E-state index in [9.17, 15) is 0 Å². The van der Waals surface area contributed by atoms with E-state index in [0.29, 0.717) is 6.54 Å². The van der Waals surface area contributed by atoms with Gasteiger partial charge in [0.15, 0.2) is 0 Å². The molecule has 0 unspecified atom stereocenters. The molecule has 0 aliphatic carbocycles. The standard InChI is InChI=1S/C18H17N3/c1-3-7-15(8-4-1)18(16-9-5-2-6-10-16)20-13-17-11-12-19-14-21-17/h1-12,14,18,20H,13H2. The van der Waals surface area contributed by atoms with Gasteiger partial charge in [-0.05, 0) is 17.2 Å². The van der Waals surface area contributed by atoms with Crippen molar-refractivity contribution in [2.24, 2.45) is 0 Å². The van der Waals surface area contributed by atoms with Crippen LogP contribution in [0.5, 0.6) is 0 Å². The minimum absolute atomic E-state index is 0.155. The fraction of sp³-hybridized carbons (Fsp3) is 0.111. The highest BCUT2D eigenvalue weighted by Crippen LogP contribution is 2.21. The van der Waals surface area contributed by atoms with Gasteiger partial charge in [0.05, 0.1) is 11.7 Å². The van der Waals surface area contributed by atoms with Crippen LogP contribution in [0.3, 0.4) is 0 Å². The summed E-state index contributed by atoms with van der Waals surface area (Å²) < 4.78 is 0. The zero-order valence-electron chi connectivity index (χ0n) is 11.7. The van der Waals surface area contributed by atoms with Gasteiger partial charge in [-0.2, -0.15) is 0 Å². The Kier molecular flexibility index (Phi) is 4.34. The average Bonchev–Trinajstić information content (AvgIpc) is 2.58. The minimum atomic E-state index is 0.155. The smallest absolute Gasteiger partial charge is 0.115 e. The first-order chi connectivity index (χ1) is 10.4. The van der Waals surface area contributed by atoms with Crippen molar-refractivity contribution in [1.29, 1.82) is 0 Å². The van der Waals surface area contributed by atoms with E-state index in [2.05, 4.69) is 63.8 Å². The number of aromatic nitrogens is 2. The lowest BCUT2D eigenvalue weighted by atomic mass is 9.99. The summed E-state index contributed by atoms with van der Waals surface area (Å²) in [6, 6.07) is 23.0. The Bertz CT molecular complexity index is 614. The maximum absolute atomic E-state index is 4.26. The summed E-state index contributed by atoms with van der Waals surface area (Å²) >= 11 is 0. The van der Waals surface area contributed by atoms with Crippen LogP contribution in [-0.2, 0) is 6.54 Å². The summed E-state index contributed by atoms with van der Waals surface area (Å²) in [5, 5.41) is 3.58. The van der Waals surface area contributed by atoms with Gasteiger partial charge in [-0.1, -0.05) is 60.7 Å². The van der Waals surface area contributed by atoms with Crippen molar-refractivity contribution < 1.29 is 0 Å². The van der Waals surface area contributed by atoms with E-state index < -0.39 is 0 Å². The molecule has 2 aromatic carbocycles. The second-order valence-electron chi connectivity index (χ2n) is 4.84. The summed E-state index contributed by atoms with van der Waals surface area (Å²) in [5.41, 5.74) is 3.48. The lowest BCUT2D eigenvalue weighted by molar-refractivity contribution is 0.596. The second kappa shape index (κ2) is 6.77. The van der Waals surface area contributed by atoms with Gasteiger partial charge < -0.3 is 5.32 Å². The third-order valence-corrected chi connectivity index (χ3v) is 3.40. The lowest BCUT2D eigenvalue weighted by Gasteiger charge is -2.19. The highest BCUT2D eigenvalue weighted by molar-refractivity contribution is 5.31. The molecule has 0 saturated heterocycles. The van der Waals surface area contributed by atoms with Crippen molar-refractivity contribution in [3.8, 4) is 0 Å². The highest BCUT2D eigenvalue weighted by atomic mass is 14.9. The Labute approximate surface area is 124 Å². The van der Waals surface area contributed by atoms with E-state index in [-0.39, 0.29) is 6.04 Å². The molecular formula is C18H17N3. The van der Waals surface area contributed by atoms with E-state index in [4.69, 9.17) is 0 Å². The predicted octanol–water partition coefficient (Wildman–Crippen LogP) is 3.36. The van der Waals surface area contributed by atoms with Crippen molar-refractivity contribution in [1.82, 2.24) is 15.3 Å². The van der Waals surface area contributed by atoms with Crippen molar-refractivity contribution in [2.75, 3.05) is 0 Å². The minimum Gasteiger partial charge on any atom is -0.301 e. The van der Waals surface area contributed by atoms with E-state index >= 15 is 0 Å². The monoisotopic (exact) mass is 275 g/mol. The van der Waals surface area contributed by atoms with Crippen molar-refractivity contribution in [2.45, 2.75) is 12.6 Å². The maximum Gasteiger partial charge on any atom is 0.115 e. The molecule has 0 aliphatic rings. The van der Waals surface area contributed by atoms with Gasteiger partial charge in [-0.15, -0.1) is 0 Å². The van der Waals surface area contributed by atoms with Gasteiger partial charge in [0, 0.05) is 12.7 Å². The summed E-state index contributed by atoms with van der Waals surface area (Å²) in [6.45, 7) is 0.705. The molecule has 1 heterocycles. The number of benzene rings is 2. The molecule has 1 aromatic heterocycles. The molecule has 3 nitrogen and oxygen atoms in total. The number of hydrogen-bond donors (Lipinski definition) is 1. The first-order valence-electron chi connectivity index (χ1n) is 7.01. The zero-order chi connectivity index (χ0) is 14.3. The average molecular weight is 275 g/mol.